The fourth-order valence-electron chi connectivity index (χ4n) is 4.27. The molecular weight excluding hydrogens is 579 g/mol. The summed E-state index contributed by atoms with van der Waals surface area (Å²) in [6.45, 7) is 14.5. The van der Waals surface area contributed by atoms with Crippen molar-refractivity contribution in [3.8, 4) is 0 Å². The molecule has 0 amide bonds. The van der Waals surface area contributed by atoms with Gasteiger partial charge < -0.3 is 24.8 Å². The number of hydrogen-bond acceptors (Lipinski definition) is 0. The molecule has 0 bridgehead atoms. The van der Waals surface area contributed by atoms with Crippen LogP contribution in [-0.2, 0) is 24.2 Å². The molecule has 188 valence electrons. The van der Waals surface area contributed by atoms with E-state index in [9.17, 15) is 0 Å². The van der Waals surface area contributed by atoms with Gasteiger partial charge in [-0.2, -0.15) is 6.08 Å². The molecule has 2 aliphatic carbocycles. The van der Waals surface area contributed by atoms with Crippen molar-refractivity contribution in [3.05, 3.63) is 66.8 Å². The third-order valence-electron chi connectivity index (χ3n) is 6.48. The summed E-state index contributed by atoms with van der Waals surface area (Å²) in [5, 5.41) is 8.75. The van der Waals surface area contributed by atoms with Gasteiger partial charge in [-0.05, 0) is 0 Å². The van der Waals surface area contributed by atoms with E-state index in [1.165, 1.54) is 53.6 Å². The Hall–Kier alpha value is -0.443. The van der Waals surface area contributed by atoms with Gasteiger partial charge in [0.15, 0.2) is 0 Å². The SMILES string of the molecule is C[Si](C)(C)c1ccc2c(c1)[cH-]c1cc([Si](C)(C)C)ccc12.[C-]1=CC=CC1.[Cl-].[Cl-].[Zr+2]=[C]1CCCCC1. The number of fused-ring (bicyclic) bond motifs is 3. The Balaban J connectivity index is 0.000000360. The van der Waals surface area contributed by atoms with E-state index in [-0.39, 0.29) is 24.8 Å². The number of hydrogen-bond donors (Lipinski definition) is 0. The summed E-state index contributed by atoms with van der Waals surface area (Å²) in [5.41, 5.74) is 0. The van der Waals surface area contributed by atoms with Crippen LogP contribution in [0.3, 0.4) is 0 Å². The van der Waals surface area contributed by atoms with Gasteiger partial charge in [-0.1, -0.05) is 73.9 Å². The van der Waals surface area contributed by atoms with Gasteiger partial charge in [-0.25, -0.2) is 12.2 Å². The molecule has 0 saturated heterocycles. The first-order valence-corrected chi connectivity index (χ1v) is 20.7. The van der Waals surface area contributed by atoms with Crippen LogP contribution in [0.1, 0.15) is 38.5 Å². The van der Waals surface area contributed by atoms with Gasteiger partial charge >= 0.3 is 59.5 Å². The number of rotatable bonds is 2. The standard InChI is InChI=1S/C19H25Si2.C6H10.C5H5.2ClH.Zr/c1-20(2,3)16-7-9-18-14(12-16)11-15-13-17(21(4,5)6)8-10-19(15)18;1-2-4-6-5-3-1;1-2-4-5-3-1;;;/h7-13H,1-6H3;1-5H2;1-3H,4H2;2*1H;/q-1;;-1;;;+2/p-2. The number of halogens is 2. The van der Waals surface area contributed by atoms with Gasteiger partial charge in [0.05, 0.1) is 16.1 Å². The van der Waals surface area contributed by atoms with Gasteiger partial charge in [0.2, 0.25) is 0 Å². The minimum atomic E-state index is -1.23. The van der Waals surface area contributed by atoms with Crippen LogP contribution in [0.4, 0.5) is 0 Å². The van der Waals surface area contributed by atoms with Crippen molar-refractivity contribution in [1.82, 2.24) is 0 Å². The van der Waals surface area contributed by atoms with Crippen LogP contribution < -0.4 is 35.2 Å². The first-order chi connectivity index (χ1) is 15.6. The minimum absolute atomic E-state index is 0. The molecule has 0 nitrogen and oxygen atoms in total. The van der Waals surface area contributed by atoms with Gasteiger partial charge in [0.1, 0.15) is 0 Å². The third kappa shape index (κ3) is 9.75. The molecule has 0 radical (unpaired) electrons. The average Bonchev–Trinajstić information content (AvgIpc) is 3.44. The molecule has 35 heavy (non-hydrogen) atoms. The molecular formula is C30H40Cl2Si2Zr-2. The molecule has 0 aromatic heterocycles. The zero-order chi connectivity index (χ0) is 24.1. The maximum atomic E-state index is 2.99. The Labute approximate surface area is 243 Å². The summed E-state index contributed by atoms with van der Waals surface area (Å²) in [7, 11) is -2.47. The van der Waals surface area contributed by atoms with E-state index < -0.39 is 16.1 Å². The molecule has 0 aliphatic heterocycles. The predicted molar refractivity (Wildman–Crippen MR) is 153 cm³/mol. The van der Waals surface area contributed by atoms with E-state index in [2.05, 4.69) is 93.9 Å². The molecule has 0 heterocycles. The molecule has 5 rings (SSSR count). The Kier molecular flexibility index (Phi) is 13.5. The van der Waals surface area contributed by atoms with E-state index in [0.717, 1.165) is 6.42 Å². The molecule has 3 aromatic carbocycles. The fraction of sp³-hybridized carbons (Fsp3) is 0.400. The summed E-state index contributed by atoms with van der Waals surface area (Å²) >= 11 is 1.69. The van der Waals surface area contributed by atoms with Crippen LogP contribution in [0.15, 0.2) is 60.7 Å². The fourth-order valence-corrected chi connectivity index (χ4v) is 7.49. The van der Waals surface area contributed by atoms with Crippen LogP contribution in [-0.4, -0.2) is 19.4 Å². The Morgan fingerprint density at radius 2 is 1.23 bits per heavy atom. The van der Waals surface area contributed by atoms with Crippen LogP contribution in [0, 0.1) is 6.08 Å². The summed E-state index contributed by atoms with van der Waals surface area (Å²) in [4.78, 5) is 0. The summed E-state index contributed by atoms with van der Waals surface area (Å²) < 4.78 is 1.80. The number of benzene rings is 2. The van der Waals surface area contributed by atoms with Crippen LogP contribution >= 0.6 is 0 Å². The second kappa shape index (κ2) is 14.5. The molecule has 0 unspecified atom stereocenters. The topological polar surface area (TPSA) is 0 Å². The normalized spacial score (nSPS) is 15.0. The van der Waals surface area contributed by atoms with E-state index in [0.29, 0.717) is 0 Å². The predicted octanol–water partition coefficient (Wildman–Crippen LogP) is 1.79. The molecule has 1 fully saturated rings. The van der Waals surface area contributed by atoms with Crippen molar-refractivity contribution >= 4 is 51.3 Å². The average molecular weight is 619 g/mol. The molecule has 5 heteroatoms. The van der Waals surface area contributed by atoms with Crippen LogP contribution in [0.2, 0.25) is 39.3 Å². The van der Waals surface area contributed by atoms with Crippen molar-refractivity contribution in [2.24, 2.45) is 0 Å². The molecule has 0 N–H and O–H groups in total. The van der Waals surface area contributed by atoms with Crippen molar-refractivity contribution in [3.63, 3.8) is 0 Å². The van der Waals surface area contributed by atoms with Crippen LogP contribution in [0.25, 0.3) is 21.5 Å². The van der Waals surface area contributed by atoms with Gasteiger partial charge in [0.25, 0.3) is 0 Å². The Bertz CT molecular complexity index is 1070. The quantitative estimate of drug-likeness (QED) is 0.304. The number of allylic oxidation sites excluding steroid dienone is 4. The van der Waals surface area contributed by atoms with E-state index in [1.54, 1.807) is 37.8 Å². The first kappa shape index (κ1) is 32.6. The van der Waals surface area contributed by atoms with Crippen molar-refractivity contribution in [2.45, 2.75) is 77.8 Å². The van der Waals surface area contributed by atoms with E-state index >= 15 is 0 Å². The molecule has 0 spiro atoms. The zero-order valence-electron chi connectivity index (χ0n) is 22.3. The monoisotopic (exact) mass is 616 g/mol. The molecule has 1 saturated carbocycles. The van der Waals surface area contributed by atoms with Crippen molar-refractivity contribution in [1.29, 1.82) is 0 Å². The zero-order valence-corrected chi connectivity index (χ0v) is 28.2. The van der Waals surface area contributed by atoms with E-state index in [1.807, 2.05) is 12.2 Å². The summed E-state index contributed by atoms with van der Waals surface area (Å²) in [5.74, 6) is 0. The van der Waals surface area contributed by atoms with Crippen molar-refractivity contribution < 1.29 is 49.0 Å². The van der Waals surface area contributed by atoms with E-state index in [4.69, 9.17) is 0 Å². The van der Waals surface area contributed by atoms with Crippen LogP contribution in [0.5, 0.6) is 0 Å². The Morgan fingerprint density at radius 1 is 0.743 bits per heavy atom. The molecule has 3 aromatic rings. The van der Waals surface area contributed by atoms with Crippen molar-refractivity contribution in [2.75, 3.05) is 0 Å². The second-order valence-corrected chi connectivity index (χ2v) is 23.3. The molecule has 0 atom stereocenters. The maximum absolute atomic E-state index is 2.99. The summed E-state index contributed by atoms with van der Waals surface area (Å²) in [6, 6.07) is 16.6. The van der Waals surface area contributed by atoms with Gasteiger partial charge in [0, 0.05) is 0 Å². The van der Waals surface area contributed by atoms with Gasteiger partial charge in [-0.3, -0.25) is 6.08 Å². The molecule has 2 aliphatic rings. The second-order valence-electron chi connectivity index (χ2n) is 11.4. The Morgan fingerprint density at radius 3 is 1.51 bits per heavy atom. The first-order valence-electron chi connectivity index (χ1n) is 12.5. The summed E-state index contributed by atoms with van der Waals surface area (Å²) in [6.07, 6.45) is 17.3. The third-order valence-corrected chi connectivity index (χ3v) is 11.8. The van der Waals surface area contributed by atoms with Gasteiger partial charge in [-0.15, -0.1) is 46.2 Å².